The first-order chi connectivity index (χ1) is 8.85. The lowest BCUT2D eigenvalue weighted by atomic mass is 10.0. The molecule has 88 valence electrons. The zero-order chi connectivity index (χ0) is 12.8. The molecule has 0 N–H and O–H groups in total. The predicted molar refractivity (Wildman–Crippen MR) is 78.8 cm³/mol. The molecule has 0 radical (unpaired) electrons. The standard InChI is InChI=1S/C17H15N/c1-3-17(18-4-2)16-12-8-11-15(13-16)14-9-6-5-7-10-14/h3-13H,1-2H2. The van der Waals surface area contributed by atoms with Crippen LogP contribution in [0.3, 0.4) is 0 Å². The summed E-state index contributed by atoms with van der Waals surface area (Å²) in [6.07, 6.45) is 3.28. The molecule has 1 nitrogen and oxygen atoms in total. The first-order valence-corrected chi connectivity index (χ1v) is 5.82. The summed E-state index contributed by atoms with van der Waals surface area (Å²) >= 11 is 0. The second kappa shape index (κ2) is 5.78. The Morgan fingerprint density at radius 2 is 1.61 bits per heavy atom. The lowest BCUT2D eigenvalue weighted by Crippen LogP contribution is -1.95. The molecule has 0 amide bonds. The number of benzene rings is 2. The van der Waals surface area contributed by atoms with Gasteiger partial charge < -0.3 is 0 Å². The molecule has 0 heterocycles. The lowest BCUT2D eigenvalue weighted by Gasteiger charge is -2.05. The van der Waals surface area contributed by atoms with Gasteiger partial charge in [0.1, 0.15) is 0 Å². The Hall–Kier alpha value is -2.41. The van der Waals surface area contributed by atoms with E-state index in [0.717, 1.165) is 11.3 Å². The van der Waals surface area contributed by atoms with Crippen molar-refractivity contribution in [3.05, 3.63) is 85.6 Å². The number of hydrogen-bond acceptors (Lipinski definition) is 1. The largest absolute Gasteiger partial charge is 0.257 e. The summed E-state index contributed by atoms with van der Waals surface area (Å²) in [5, 5.41) is 0. The van der Waals surface area contributed by atoms with Gasteiger partial charge in [-0.1, -0.05) is 61.7 Å². The van der Waals surface area contributed by atoms with Crippen LogP contribution < -0.4 is 0 Å². The van der Waals surface area contributed by atoms with E-state index in [2.05, 4.69) is 42.4 Å². The summed E-state index contributed by atoms with van der Waals surface area (Å²) < 4.78 is 0. The molecule has 0 spiro atoms. The molecule has 0 atom stereocenters. The van der Waals surface area contributed by atoms with Crippen molar-refractivity contribution in [3.8, 4) is 11.1 Å². The molecule has 0 aliphatic carbocycles. The smallest absolute Gasteiger partial charge is 0.0695 e. The predicted octanol–water partition coefficient (Wildman–Crippen LogP) is 4.47. The SMILES string of the molecule is C=CN=C(C=C)c1cccc(-c2ccccc2)c1. The molecule has 0 aliphatic rings. The van der Waals surface area contributed by atoms with E-state index in [0.29, 0.717) is 0 Å². The van der Waals surface area contributed by atoms with Gasteiger partial charge in [-0.2, -0.15) is 0 Å². The average Bonchev–Trinajstić information content (AvgIpc) is 2.46. The van der Waals surface area contributed by atoms with Crippen molar-refractivity contribution in [1.29, 1.82) is 0 Å². The Kier molecular flexibility index (Phi) is 3.87. The van der Waals surface area contributed by atoms with Crippen LogP contribution in [0.5, 0.6) is 0 Å². The molecule has 0 aromatic heterocycles. The minimum absolute atomic E-state index is 0.836. The highest BCUT2D eigenvalue weighted by Crippen LogP contribution is 2.20. The summed E-state index contributed by atoms with van der Waals surface area (Å²) in [7, 11) is 0. The van der Waals surface area contributed by atoms with Gasteiger partial charge in [-0.05, 0) is 23.3 Å². The molecule has 2 rings (SSSR count). The van der Waals surface area contributed by atoms with Crippen molar-refractivity contribution in [2.75, 3.05) is 0 Å². The third kappa shape index (κ3) is 2.64. The third-order valence-electron chi connectivity index (χ3n) is 2.69. The van der Waals surface area contributed by atoms with Crippen LogP contribution in [-0.4, -0.2) is 5.71 Å². The van der Waals surface area contributed by atoms with Crippen LogP contribution in [0.4, 0.5) is 0 Å². The zero-order valence-electron chi connectivity index (χ0n) is 10.2. The van der Waals surface area contributed by atoms with Crippen molar-refractivity contribution in [3.63, 3.8) is 0 Å². The lowest BCUT2D eigenvalue weighted by molar-refractivity contribution is 1.54. The van der Waals surface area contributed by atoms with Crippen LogP contribution >= 0.6 is 0 Å². The molecule has 0 saturated carbocycles. The quantitative estimate of drug-likeness (QED) is 0.691. The fourth-order valence-corrected chi connectivity index (χ4v) is 1.83. The van der Waals surface area contributed by atoms with Gasteiger partial charge in [-0.25, -0.2) is 0 Å². The van der Waals surface area contributed by atoms with Crippen molar-refractivity contribution in [2.24, 2.45) is 4.99 Å². The van der Waals surface area contributed by atoms with E-state index < -0.39 is 0 Å². The van der Waals surface area contributed by atoms with Gasteiger partial charge in [0.15, 0.2) is 0 Å². The maximum atomic E-state index is 4.21. The van der Waals surface area contributed by atoms with Crippen molar-refractivity contribution >= 4 is 5.71 Å². The van der Waals surface area contributed by atoms with Gasteiger partial charge in [0.05, 0.1) is 5.71 Å². The number of rotatable bonds is 4. The topological polar surface area (TPSA) is 12.4 Å². The van der Waals surface area contributed by atoms with Crippen LogP contribution in [0, 0.1) is 0 Å². The van der Waals surface area contributed by atoms with Crippen LogP contribution in [0.1, 0.15) is 5.56 Å². The minimum atomic E-state index is 0.836. The first-order valence-electron chi connectivity index (χ1n) is 5.82. The molecule has 2 aromatic rings. The van der Waals surface area contributed by atoms with Gasteiger partial charge in [-0.3, -0.25) is 4.99 Å². The highest BCUT2D eigenvalue weighted by Gasteiger charge is 2.01. The molecule has 18 heavy (non-hydrogen) atoms. The number of allylic oxidation sites excluding steroid dienone is 1. The molecule has 0 saturated heterocycles. The third-order valence-corrected chi connectivity index (χ3v) is 2.69. The van der Waals surface area contributed by atoms with Gasteiger partial charge in [0, 0.05) is 11.8 Å². The second-order valence-electron chi connectivity index (χ2n) is 3.85. The fourth-order valence-electron chi connectivity index (χ4n) is 1.83. The Bertz CT molecular complexity index is 580. The maximum Gasteiger partial charge on any atom is 0.0695 e. The highest BCUT2D eigenvalue weighted by molar-refractivity contribution is 6.09. The second-order valence-corrected chi connectivity index (χ2v) is 3.85. The Morgan fingerprint density at radius 1 is 0.889 bits per heavy atom. The van der Waals surface area contributed by atoms with Crippen molar-refractivity contribution in [1.82, 2.24) is 0 Å². The Balaban J connectivity index is 2.45. The van der Waals surface area contributed by atoms with Crippen molar-refractivity contribution in [2.45, 2.75) is 0 Å². The van der Waals surface area contributed by atoms with E-state index in [1.807, 2.05) is 30.3 Å². The van der Waals surface area contributed by atoms with E-state index >= 15 is 0 Å². The average molecular weight is 233 g/mol. The summed E-state index contributed by atoms with van der Waals surface area (Å²) in [6.45, 7) is 7.40. The zero-order valence-corrected chi connectivity index (χ0v) is 10.2. The molecule has 0 bridgehead atoms. The Morgan fingerprint density at radius 3 is 2.28 bits per heavy atom. The molecular weight excluding hydrogens is 218 g/mol. The summed E-state index contributed by atoms with van der Waals surface area (Å²) in [5.41, 5.74) is 4.25. The van der Waals surface area contributed by atoms with Gasteiger partial charge >= 0.3 is 0 Å². The van der Waals surface area contributed by atoms with E-state index in [4.69, 9.17) is 0 Å². The fraction of sp³-hybridized carbons (Fsp3) is 0. The monoisotopic (exact) mass is 233 g/mol. The van der Waals surface area contributed by atoms with E-state index in [1.165, 1.54) is 17.3 Å². The number of aliphatic imine (C=N–C) groups is 1. The molecule has 0 fully saturated rings. The van der Waals surface area contributed by atoms with Gasteiger partial charge in [-0.15, -0.1) is 0 Å². The minimum Gasteiger partial charge on any atom is -0.257 e. The van der Waals surface area contributed by atoms with E-state index in [9.17, 15) is 0 Å². The number of nitrogens with zero attached hydrogens (tertiary/aromatic N) is 1. The van der Waals surface area contributed by atoms with Crippen LogP contribution in [0.25, 0.3) is 11.1 Å². The molecular formula is C17H15N. The van der Waals surface area contributed by atoms with Gasteiger partial charge in [0.2, 0.25) is 0 Å². The number of hydrogen-bond donors (Lipinski definition) is 0. The van der Waals surface area contributed by atoms with Crippen molar-refractivity contribution < 1.29 is 0 Å². The highest BCUT2D eigenvalue weighted by atomic mass is 14.7. The summed E-state index contributed by atoms with van der Waals surface area (Å²) in [6, 6.07) is 18.5. The normalized spacial score (nSPS) is 11.0. The summed E-state index contributed by atoms with van der Waals surface area (Å²) in [4.78, 5) is 4.21. The summed E-state index contributed by atoms with van der Waals surface area (Å²) in [5.74, 6) is 0. The molecule has 1 heteroatoms. The van der Waals surface area contributed by atoms with E-state index in [-0.39, 0.29) is 0 Å². The first kappa shape index (κ1) is 12.1. The van der Waals surface area contributed by atoms with Gasteiger partial charge in [0.25, 0.3) is 0 Å². The van der Waals surface area contributed by atoms with Crippen LogP contribution in [0.15, 0.2) is 85.0 Å². The molecule has 2 aromatic carbocycles. The Labute approximate surface area is 108 Å². The van der Waals surface area contributed by atoms with Crippen LogP contribution in [-0.2, 0) is 0 Å². The van der Waals surface area contributed by atoms with E-state index in [1.54, 1.807) is 6.08 Å². The molecule has 0 unspecified atom stereocenters. The molecule has 0 aliphatic heterocycles. The van der Waals surface area contributed by atoms with Crippen LogP contribution in [0.2, 0.25) is 0 Å². The maximum absolute atomic E-state index is 4.21.